The van der Waals surface area contributed by atoms with E-state index in [9.17, 15) is 0 Å². The molecule has 1 unspecified atom stereocenters. The molecule has 1 atom stereocenters. The second-order valence-electron chi connectivity index (χ2n) is 4.94. The first-order valence-electron chi connectivity index (χ1n) is 6.17. The van der Waals surface area contributed by atoms with Crippen molar-refractivity contribution in [2.45, 2.75) is 13.8 Å². The summed E-state index contributed by atoms with van der Waals surface area (Å²) in [5, 5.41) is 0. The minimum atomic E-state index is 0.557. The quantitative estimate of drug-likeness (QED) is 0.666. The van der Waals surface area contributed by atoms with Gasteiger partial charge in [-0.25, -0.2) is 0 Å². The van der Waals surface area contributed by atoms with Gasteiger partial charge < -0.3 is 9.80 Å². The van der Waals surface area contributed by atoms with Crippen LogP contribution in [0, 0.1) is 5.92 Å². The Labute approximate surface area is 98.9 Å². The SMILES string of the molecule is CC1=CC(C)C=CC=C1N1CCN(C)CC1. The van der Waals surface area contributed by atoms with Crippen molar-refractivity contribution in [2.24, 2.45) is 5.92 Å². The molecule has 2 heteroatoms. The second-order valence-corrected chi connectivity index (χ2v) is 4.94. The topological polar surface area (TPSA) is 6.48 Å². The number of rotatable bonds is 1. The summed E-state index contributed by atoms with van der Waals surface area (Å²) in [5.41, 5.74) is 2.83. The van der Waals surface area contributed by atoms with Gasteiger partial charge in [-0.3, -0.25) is 0 Å². The fourth-order valence-corrected chi connectivity index (χ4v) is 2.39. The third-order valence-electron chi connectivity index (χ3n) is 3.43. The number of nitrogens with zero attached hydrogens (tertiary/aromatic N) is 2. The molecule has 0 bridgehead atoms. The maximum absolute atomic E-state index is 2.51. The predicted molar refractivity (Wildman–Crippen MR) is 69.2 cm³/mol. The molecule has 1 aliphatic carbocycles. The zero-order valence-electron chi connectivity index (χ0n) is 10.6. The summed E-state index contributed by atoms with van der Waals surface area (Å²) in [6, 6.07) is 0. The van der Waals surface area contributed by atoms with Gasteiger partial charge in [-0.1, -0.05) is 25.2 Å². The number of piperazine rings is 1. The molecule has 0 aromatic heterocycles. The van der Waals surface area contributed by atoms with Crippen LogP contribution in [0.3, 0.4) is 0 Å². The fourth-order valence-electron chi connectivity index (χ4n) is 2.39. The van der Waals surface area contributed by atoms with Crippen LogP contribution in [0.25, 0.3) is 0 Å². The first-order chi connectivity index (χ1) is 7.66. The average Bonchev–Trinajstić information content (AvgIpc) is 2.41. The Bertz CT molecular complexity index is 331. The van der Waals surface area contributed by atoms with Crippen molar-refractivity contribution in [2.75, 3.05) is 33.2 Å². The van der Waals surface area contributed by atoms with Crippen LogP contribution in [0.2, 0.25) is 0 Å². The Balaban J connectivity index is 2.11. The first kappa shape index (κ1) is 11.5. The first-order valence-corrected chi connectivity index (χ1v) is 6.17. The summed E-state index contributed by atoms with van der Waals surface area (Å²) in [7, 11) is 2.20. The van der Waals surface area contributed by atoms with Crippen molar-refractivity contribution in [3.63, 3.8) is 0 Å². The maximum Gasteiger partial charge on any atom is 0.0393 e. The second kappa shape index (κ2) is 4.88. The molecule has 88 valence electrons. The van der Waals surface area contributed by atoms with Crippen LogP contribution < -0.4 is 0 Å². The Hall–Kier alpha value is -1.02. The van der Waals surface area contributed by atoms with Gasteiger partial charge in [-0.15, -0.1) is 0 Å². The Kier molecular flexibility index (Phi) is 3.49. The van der Waals surface area contributed by atoms with Crippen molar-refractivity contribution in [3.8, 4) is 0 Å². The molecule has 16 heavy (non-hydrogen) atoms. The van der Waals surface area contributed by atoms with Gasteiger partial charge in [0.25, 0.3) is 0 Å². The highest BCUT2D eigenvalue weighted by Crippen LogP contribution is 2.21. The molecule has 0 spiro atoms. The van der Waals surface area contributed by atoms with Crippen molar-refractivity contribution >= 4 is 0 Å². The molecule has 0 aromatic rings. The van der Waals surface area contributed by atoms with Crippen LogP contribution in [0.15, 0.2) is 35.6 Å². The molecular weight excluding hydrogens is 196 g/mol. The smallest absolute Gasteiger partial charge is 0.0393 e. The molecule has 2 rings (SSSR count). The van der Waals surface area contributed by atoms with Crippen molar-refractivity contribution in [1.29, 1.82) is 0 Å². The fraction of sp³-hybridized carbons (Fsp3) is 0.571. The van der Waals surface area contributed by atoms with Crippen LogP contribution in [-0.4, -0.2) is 43.0 Å². The van der Waals surface area contributed by atoms with Crippen LogP contribution in [0.1, 0.15) is 13.8 Å². The molecule has 0 aromatic carbocycles. The lowest BCUT2D eigenvalue weighted by molar-refractivity contribution is 0.188. The number of allylic oxidation sites excluding steroid dienone is 5. The minimum Gasteiger partial charge on any atom is -0.369 e. The molecule has 1 saturated heterocycles. The molecule has 1 heterocycles. The molecular formula is C14H22N2. The summed E-state index contributed by atoms with van der Waals surface area (Å²) in [6.07, 6.45) is 9.08. The van der Waals surface area contributed by atoms with Crippen LogP contribution in [-0.2, 0) is 0 Å². The summed E-state index contributed by atoms with van der Waals surface area (Å²) >= 11 is 0. The molecule has 0 amide bonds. The van der Waals surface area contributed by atoms with E-state index in [2.05, 4.69) is 55.0 Å². The van der Waals surface area contributed by atoms with Gasteiger partial charge in [0.1, 0.15) is 0 Å². The summed E-state index contributed by atoms with van der Waals surface area (Å²) in [6.45, 7) is 9.10. The van der Waals surface area contributed by atoms with E-state index in [1.54, 1.807) is 0 Å². The van der Waals surface area contributed by atoms with Gasteiger partial charge in [0, 0.05) is 31.9 Å². The average molecular weight is 218 g/mol. The van der Waals surface area contributed by atoms with Crippen molar-refractivity contribution < 1.29 is 0 Å². The lowest BCUT2D eigenvalue weighted by atomic mass is 10.1. The lowest BCUT2D eigenvalue weighted by Crippen LogP contribution is -2.44. The lowest BCUT2D eigenvalue weighted by Gasteiger charge is -2.35. The van der Waals surface area contributed by atoms with E-state index in [-0.39, 0.29) is 0 Å². The molecule has 0 saturated carbocycles. The maximum atomic E-state index is 2.51. The van der Waals surface area contributed by atoms with Crippen LogP contribution in [0.4, 0.5) is 0 Å². The largest absolute Gasteiger partial charge is 0.369 e. The Morgan fingerprint density at radius 3 is 2.56 bits per heavy atom. The monoisotopic (exact) mass is 218 g/mol. The van der Waals surface area contributed by atoms with Gasteiger partial charge in [-0.05, 0) is 31.5 Å². The van der Waals surface area contributed by atoms with E-state index in [0.717, 1.165) is 13.1 Å². The molecule has 0 radical (unpaired) electrons. The van der Waals surface area contributed by atoms with Gasteiger partial charge in [0.2, 0.25) is 0 Å². The number of hydrogen-bond acceptors (Lipinski definition) is 2. The summed E-state index contributed by atoms with van der Waals surface area (Å²) < 4.78 is 0. The van der Waals surface area contributed by atoms with E-state index in [4.69, 9.17) is 0 Å². The van der Waals surface area contributed by atoms with E-state index in [1.807, 2.05) is 0 Å². The highest BCUT2D eigenvalue weighted by atomic mass is 15.2. The Morgan fingerprint density at radius 1 is 1.19 bits per heavy atom. The van der Waals surface area contributed by atoms with Gasteiger partial charge in [0.05, 0.1) is 0 Å². The number of hydrogen-bond donors (Lipinski definition) is 0. The highest BCUT2D eigenvalue weighted by molar-refractivity contribution is 5.35. The van der Waals surface area contributed by atoms with Gasteiger partial charge in [-0.2, -0.15) is 0 Å². The predicted octanol–water partition coefficient (Wildman–Crippen LogP) is 2.27. The van der Waals surface area contributed by atoms with E-state index in [1.165, 1.54) is 24.4 Å². The molecule has 2 nitrogen and oxygen atoms in total. The molecule has 0 N–H and O–H groups in total. The van der Waals surface area contributed by atoms with Crippen molar-refractivity contribution in [3.05, 3.63) is 35.6 Å². The van der Waals surface area contributed by atoms with E-state index < -0.39 is 0 Å². The van der Waals surface area contributed by atoms with Crippen LogP contribution >= 0.6 is 0 Å². The van der Waals surface area contributed by atoms with Crippen molar-refractivity contribution in [1.82, 2.24) is 9.80 Å². The third-order valence-corrected chi connectivity index (χ3v) is 3.43. The zero-order valence-corrected chi connectivity index (χ0v) is 10.6. The third kappa shape index (κ3) is 2.56. The van der Waals surface area contributed by atoms with E-state index >= 15 is 0 Å². The number of likely N-dealkylation sites (N-methyl/N-ethyl adjacent to an activating group) is 1. The van der Waals surface area contributed by atoms with Gasteiger partial charge >= 0.3 is 0 Å². The highest BCUT2D eigenvalue weighted by Gasteiger charge is 2.17. The molecule has 2 aliphatic rings. The summed E-state index contributed by atoms with van der Waals surface area (Å²) in [5.74, 6) is 0.557. The van der Waals surface area contributed by atoms with E-state index in [0.29, 0.717) is 5.92 Å². The molecule has 1 fully saturated rings. The standard InChI is InChI=1S/C14H22N2/c1-12-5-4-6-14(13(2)11-12)16-9-7-15(3)8-10-16/h4-6,11-12H,7-10H2,1-3H3. The zero-order chi connectivity index (χ0) is 11.5. The van der Waals surface area contributed by atoms with Gasteiger partial charge in [0.15, 0.2) is 0 Å². The normalized spacial score (nSPS) is 27.4. The summed E-state index contributed by atoms with van der Waals surface area (Å²) in [4.78, 5) is 4.90. The molecule has 1 aliphatic heterocycles. The van der Waals surface area contributed by atoms with Crippen LogP contribution in [0.5, 0.6) is 0 Å². The Morgan fingerprint density at radius 2 is 1.88 bits per heavy atom. The minimum absolute atomic E-state index is 0.557.